The first-order valence-electron chi connectivity index (χ1n) is 4.54. The van der Waals surface area contributed by atoms with Crippen molar-refractivity contribution in [2.24, 2.45) is 5.92 Å². The van der Waals surface area contributed by atoms with Crippen LogP contribution in [-0.2, 0) is 0 Å². The van der Waals surface area contributed by atoms with Gasteiger partial charge in [-0.1, -0.05) is 19.4 Å². The van der Waals surface area contributed by atoms with E-state index in [0.29, 0.717) is 6.04 Å². The third-order valence-corrected chi connectivity index (χ3v) is 2.68. The summed E-state index contributed by atoms with van der Waals surface area (Å²) in [4.78, 5) is 0. The Bertz CT molecular complexity index is 168. The molecule has 11 heavy (non-hydrogen) atoms. The third kappa shape index (κ3) is 1.98. The van der Waals surface area contributed by atoms with Crippen LogP contribution in [0.1, 0.15) is 40.5 Å². The summed E-state index contributed by atoms with van der Waals surface area (Å²) in [5, 5.41) is 3.55. The molecule has 0 fully saturated rings. The lowest BCUT2D eigenvalue weighted by Crippen LogP contribution is -2.35. The Morgan fingerprint density at radius 3 is 2.45 bits per heavy atom. The van der Waals surface area contributed by atoms with Gasteiger partial charge in [0.25, 0.3) is 0 Å². The van der Waals surface area contributed by atoms with Crippen molar-refractivity contribution in [2.75, 3.05) is 0 Å². The van der Waals surface area contributed by atoms with Gasteiger partial charge < -0.3 is 5.32 Å². The monoisotopic (exact) mass is 153 g/mol. The Morgan fingerprint density at radius 2 is 2.00 bits per heavy atom. The molecule has 64 valence electrons. The van der Waals surface area contributed by atoms with Gasteiger partial charge in [-0.3, -0.25) is 0 Å². The normalized spacial score (nSPS) is 25.7. The molecular formula is C10H19N. The molecule has 1 N–H and O–H groups in total. The number of hydrogen-bond donors (Lipinski definition) is 1. The zero-order valence-electron chi connectivity index (χ0n) is 8.07. The van der Waals surface area contributed by atoms with Crippen LogP contribution in [-0.4, -0.2) is 6.04 Å². The largest absolute Gasteiger partial charge is 0.386 e. The lowest BCUT2D eigenvalue weighted by molar-refractivity contribution is 0.386. The lowest BCUT2D eigenvalue weighted by atomic mass is 9.92. The highest BCUT2D eigenvalue weighted by atomic mass is 14.9. The smallest absolute Gasteiger partial charge is 0.0284 e. The Morgan fingerprint density at radius 1 is 1.36 bits per heavy atom. The lowest BCUT2D eigenvalue weighted by Gasteiger charge is -2.29. The molecule has 1 nitrogen and oxygen atoms in total. The molecule has 0 aromatic heterocycles. The highest BCUT2D eigenvalue weighted by Gasteiger charge is 2.17. The van der Waals surface area contributed by atoms with Crippen molar-refractivity contribution in [1.82, 2.24) is 5.32 Å². The van der Waals surface area contributed by atoms with E-state index in [0.717, 1.165) is 5.92 Å². The van der Waals surface area contributed by atoms with Gasteiger partial charge in [0.1, 0.15) is 0 Å². The quantitative estimate of drug-likeness (QED) is 0.610. The Kier molecular flexibility index (Phi) is 2.58. The molecule has 1 heterocycles. The molecule has 0 aromatic rings. The van der Waals surface area contributed by atoms with E-state index >= 15 is 0 Å². The van der Waals surface area contributed by atoms with Gasteiger partial charge in [-0.25, -0.2) is 0 Å². The second-order valence-electron chi connectivity index (χ2n) is 3.94. The first-order chi connectivity index (χ1) is 5.11. The summed E-state index contributed by atoms with van der Waals surface area (Å²) in [7, 11) is 0. The molecule has 1 aliphatic rings. The van der Waals surface area contributed by atoms with Crippen LogP contribution in [0.5, 0.6) is 0 Å². The van der Waals surface area contributed by atoms with Crippen molar-refractivity contribution < 1.29 is 0 Å². The van der Waals surface area contributed by atoms with Gasteiger partial charge in [0.15, 0.2) is 0 Å². The van der Waals surface area contributed by atoms with Gasteiger partial charge in [0, 0.05) is 11.7 Å². The van der Waals surface area contributed by atoms with E-state index in [1.807, 2.05) is 0 Å². The fourth-order valence-electron chi connectivity index (χ4n) is 1.53. The zero-order chi connectivity index (χ0) is 8.43. The van der Waals surface area contributed by atoms with E-state index in [9.17, 15) is 0 Å². The second-order valence-corrected chi connectivity index (χ2v) is 3.94. The van der Waals surface area contributed by atoms with Crippen molar-refractivity contribution in [2.45, 2.75) is 46.6 Å². The van der Waals surface area contributed by atoms with Crippen molar-refractivity contribution in [3.8, 4) is 0 Å². The minimum Gasteiger partial charge on any atom is -0.386 e. The Hall–Kier alpha value is -0.460. The SMILES string of the molecule is CC1=C(C)NC(C(C)C)CC1. The van der Waals surface area contributed by atoms with Crippen molar-refractivity contribution in [3.05, 3.63) is 11.3 Å². The molecule has 1 unspecified atom stereocenters. The maximum absolute atomic E-state index is 3.55. The van der Waals surface area contributed by atoms with Gasteiger partial charge in [-0.15, -0.1) is 0 Å². The third-order valence-electron chi connectivity index (χ3n) is 2.68. The summed E-state index contributed by atoms with van der Waals surface area (Å²) in [6, 6.07) is 0.707. The molecule has 1 atom stereocenters. The predicted octanol–water partition coefficient (Wildman–Crippen LogP) is 2.69. The zero-order valence-corrected chi connectivity index (χ0v) is 8.07. The minimum atomic E-state index is 0.707. The molecule has 0 amide bonds. The van der Waals surface area contributed by atoms with Crippen molar-refractivity contribution in [3.63, 3.8) is 0 Å². The summed E-state index contributed by atoms with van der Waals surface area (Å²) in [6.45, 7) is 8.97. The number of allylic oxidation sites excluding steroid dienone is 2. The fourth-order valence-corrected chi connectivity index (χ4v) is 1.53. The fraction of sp³-hybridized carbons (Fsp3) is 0.800. The van der Waals surface area contributed by atoms with E-state index in [4.69, 9.17) is 0 Å². The molecule has 1 aliphatic heterocycles. The summed E-state index contributed by atoms with van der Waals surface area (Å²) in [5.74, 6) is 0.762. The molecule has 0 radical (unpaired) electrons. The maximum atomic E-state index is 3.55. The molecule has 1 heteroatoms. The minimum absolute atomic E-state index is 0.707. The average Bonchev–Trinajstić information content (AvgIpc) is 1.94. The molecule has 0 saturated heterocycles. The van der Waals surface area contributed by atoms with Gasteiger partial charge in [-0.05, 0) is 32.6 Å². The van der Waals surface area contributed by atoms with E-state index in [-0.39, 0.29) is 0 Å². The van der Waals surface area contributed by atoms with Crippen molar-refractivity contribution >= 4 is 0 Å². The van der Waals surface area contributed by atoms with E-state index in [2.05, 4.69) is 33.0 Å². The Labute approximate surface area is 69.9 Å². The van der Waals surface area contributed by atoms with Gasteiger partial charge in [0.2, 0.25) is 0 Å². The molecule has 0 saturated carbocycles. The standard InChI is InChI=1S/C10H19N/c1-7(2)10-6-5-8(3)9(4)11-10/h7,10-11H,5-6H2,1-4H3. The highest BCUT2D eigenvalue weighted by molar-refractivity contribution is 5.12. The van der Waals surface area contributed by atoms with Crippen molar-refractivity contribution in [1.29, 1.82) is 0 Å². The molecule has 0 bridgehead atoms. The van der Waals surface area contributed by atoms with Crippen LogP contribution in [0.15, 0.2) is 11.3 Å². The number of hydrogen-bond acceptors (Lipinski definition) is 1. The van der Waals surface area contributed by atoms with E-state index in [1.54, 1.807) is 0 Å². The highest BCUT2D eigenvalue weighted by Crippen LogP contribution is 2.21. The predicted molar refractivity (Wildman–Crippen MR) is 49.4 cm³/mol. The van der Waals surface area contributed by atoms with Gasteiger partial charge in [0.05, 0.1) is 0 Å². The van der Waals surface area contributed by atoms with Crippen LogP contribution in [0, 0.1) is 5.92 Å². The second kappa shape index (κ2) is 3.29. The summed E-state index contributed by atoms with van der Waals surface area (Å²) < 4.78 is 0. The van der Waals surface area contributed by atoms with Crippen LogP contribution in [0.3, 0.4) is 0 Å². The molecule has 0 aromatic carbocycles. The first-order valence-corrected chi connectivity index (χ1v) is 4.54. The Balaban J connectivity index is 2.57. The molecule has 0 aliphatic carbocycles. The number of nitrogens with one attached hydrogen (secondary N) is 1. The summed E-state index contributed by atoms with van der Waals surface area (Å²) in [6.07, 6.45) is 2.59. The first kappa shape index (κ1) is 8.63. The topological polar surface area (TPSA) is 12.0 Å². The molecule has 0 spiro atoms. The van der Waals surface area contributed by atoms with Crippen LogP contribution >= 0.6 is 0 Å². The molecular weight excluding hydrogens is 134 g/mol. The van der Waals surface area contributed by atoms with Crippen LogP contribution < -0.4 is 5.32 Å². The van der Waals surface area contributed by atoms with Gasteiger partial charge >= 0.3 is 0 Å². The van der Waals surface area contributed by atoms with Crippen LogP contribution in [0.2, 0.25) is 0 Å². The average molecular weight is 153 g/mol. The van der Waals surface area contributed by atoms with Crippen LogP contribution in [0.25, 0.3) is 0 Å². The van der Waals surface area contributed by atoms with Crippen LogP contribution in [0.4, 0.5) is 0 Å². The van der Waals surface area contributed by atoms with Gasteiger partial charge in [-0.2, -0.15) is 0 Å². The van der Waals surface area contributed by atoms with E-state index in [1.165, 1.54) is 24.1 Å². The van der Waals surface area contributed by atoms with E-state index < -0.39 is 0 Å². The molecule has 1 rings (SSSR count). The summed E-state index contributed by atoms with van der Waals surface area (Å²) in [5.41, 5.74) is 2.93. The number of rotatable bonds is 1. The summed E-state index contributed by atoms with van der Waals surface area (Å²) >= 11 is 0. The maximum Gasteiger partial charge on any atom is 0.0284 e.